The van der Waals surface area contributed by atoms with Gasteiger partial charge in [0.2, 0.25) is 0 Å². The van der Waals surface area contributed by atoms with Crippen molar-refractivity contribution in [2.24, 2.45) is 0 Å². The largest absolute Gasteiger partial charge is 0.455 e. The van der Waals surface area contributed by atoms with Gasteiger partial charge >= 0.3 is 5.97 Å². The van der Waals surface area contributed by atoms with Gasteiger partial charge in [0, 0.05) is 11.1 Å². The van der Waals surface area contributed by atoms with Crippen LogP contribution in [0.2, 0.25) is 0 Å². The van der Waals surface area contributed by atoms with E-state index in [4.69, 9.17) is 14.5 Å². The molecular weight excluding hydrogens is 322 g/mol. The highest BCUT2D eigenvalue weighted by atomic mass is 16.5. The van der Waals surface area contributed by atoms with Crippen LogP contribution in [0.25, 0.3) is 11.0 Å². The summed E-state index contributed by atoms with van der Waals surface area (Å²) in [4.78, 5) is 23.7. The van der Waals surface area contributed by atoms with E-state index in [1.165, 1.54) is 6.07 Å². The zero-order valence-corrected chi connectivity index (χ0v) is 13.1. The molecule has 3 rings (SSSR count). The van der Waals surface area contributed by atoms with E-state index in [1.54, 1.807) is 36.4 Å². The summed E-state index contributed by atoms with van der Waals surface area (Å²) < 4.78 is 10.1. The Kier molecular flexibility index (Phi) is 4.72. The second-order valence-electron chi connectivity index (χ2n) is 5.20. The van der Waals surface area contributed by atoms with Crippen molar-refractivity contribution in [3.8, 4) is 6.07 Å². The number of hydrogen-bond acceptors (Lipinski definition) is 6. The fourth-order valence-electron chi connectivity index (χ4n) is 2.26. The number of anilines is 1. The lowest BCUT2D eigenvalue weighted by molar-refractivity contribution is -0.146. The molecule has 0 radical (unpaired) electrons. The van der Waals surface area contributed by atoms with Crippen LogP contribution in [0.15, 0.2) is 53.1 Å². The standard InChI is InChI=1S/C18H13N3O4/c19-10-12-4-3-5-13(8-12)20-17(22)11-24-18(23)9-15-14-6-1-2-7-16(14)25-21-15/h1-8H,9,11H2,(H,20,22). The minimum atomic E-state index is -0.583. The zero-order valence-electron chi connectivity index (χ0n) is 13.1. The molecule has 0 aliphatic rings. The molecule has 7 nitrogen and oxygen atoms in total. The molecule has 1 amide bonds. The number of ether oxygens (including phenoxy) is 1. The molecule has 0 aliphatic carbocycles. The van der Waals surface area contributed by atoms with Crippen molar-refractivity contribution in [1.29, 1.82) is 5.26 Å². The van der Waals surface area contributed by atoms with Crippen LogP contribution in [0.1, 0.15) is 11.3 Å². The maximum absolute atomic E-state index is 11.9. The van der Waals surface area contributed by atoms with Gasteiger partial charge < -0.3 is 14.6 Å². The van der Waals surface area contributed by atoms with E-state index in [-0.39, 0.29) is 6.42 Å². The van der Waals surface area contributed by atoms with Crippen LogP contribution >= 0.6 is 0 Å². The van der Waals surface area contributed by atoms with Gasteiger partial charge in [-0.05, 0) is 30.3 Å². The van der Waals surface area contributed by atoms with Crippen molar-refractivity contribution >= 4 is 28.5 Å². The maximum atomic E-state index is 11.9. The van der Waals surface area contributed by atoms with Crippen LogP contribution in [0.4, 0.5) is 5.69 Å². The molecule has 0 spiro atoms. The van der Waals surface area contributed by atoms with Gasteiger partial charge in [0.1, 0.15) is 5.69 Å². The van der Waals surface area contributed by atoms with Gasteiger partial charge in [0.05, 0.1) is 18.1 Å². The third kappa shape index (κ3) is 4.00. The number of hydrogen-bond donors (Lipinski definition) is 1. The molecule has 1 N–H and O–H groups in total. The number of aromatic nitrogens is 1. The molecule has 124 valence electrons. The minimum absolute atomic E-state index is 0.0891. The normalized spacial score (nSPS) is 10.2. The number of esters is 1. The molecule has 0 saturated carbocycles. The fraction of sp³-hybridized carbons (Fsp3) is 0.111. The molecule has 0 saturated heterocycles. The topological polar surface area (TPSA) is 105 Å². The number of nitriles is 1. The molecule has 2 aromatic carbocycles. The predicted octanol–water partition coefficient (Wildman–Crippen LogP) is 2.42. The van der Waals surface area contributed by atoms with E-state index in [0.29, 0.717) is 22.5 Å². The van der Waals surface area contributed by atoms with Crippen molar-refractivity contribution in [3.63, 3.8) is 0 Å². The van der Waals surface area contributed by atoms with Crippen molar-refractivity contribution in [2.45, 2.75) is 6.42 Å². The summed E-state index contributed by atoms with van der Waals surface area (Å²) in [5, 5.41) is 16.0. The van der Waals surface area contributed by atoms with Crippen LogP contribution in [-0.2, 0) is 20.7 Å². The Hall–Kier alpha value is -3.66. The average Bonchev–Trinajstić information content (AvgIpc) is 3.03. The highest BCUT2D eigenvalue weighted by Crippen LogP contribution is 2.18. The number of benzene rings is 2. The van der Waals surface area contributed by atoms with E-state index < -0.39 is 18.5 Å². The average molecular weight is 335 g/mol. The van der Waals surface area contributed by atoms with Gasteiger partial charge in [0.25, 0.3) is 5.91 Å². The first-order chi connectivity index (χ1) is 12.2. The molecule has 0 fully saturated rings. The molecule has 0 bridgehead atoms. The Morgan fingerprint density at radius 2 is 2.04 bits per heavy atom. The van der Waals surface area contributed by atoms with Crippen molar-refractivity contribution in [2.75, 3.05) is 11.9 Å². The Labute approximate surface area is 142 Å². The number of carbonyl (C=O) groups excluding carboxylic acids is 2. The van der Waals surface area contributed by atoms with Crippen LogP contribution in [0.3, 0.4) is 0 Å². The molecule has 1 aromatic heterocycles. The van der Waals surface area contributed by atoms with Gasteiger partial charge in [-0.3, -0.25) is 9.59 Å². The highest BCUT2D eigenvalue weighted by Gasteiger charge is 2.14. The van der Waals surface area contributed by atoms with Crippen LogP contribution in [0, 0.1) is 11.3 Å². The van der Waals surface area contributed by atoms with Crippen molar-refractivity contribution < 1.29 is 18.8 Å². The number of amides is 1. The lowest BCUT2D eigenvalue weighted by atomic mass is 10.2. The number of carbonyl (C=O) groups is 2. The fourth-order valence-corrected chi connectivity index (χ4v) is 2.26. The Morgan fingerprint density at radius 1 is 1.20 bits per heavy atom. The lowest BCUT2D eigenvalue weighted by Gasteiger charge is -2.06. The smallest absolute Gasteiger partial charge is 0.312 e. The Balaban J connectivity index is 1.53. The first kappa shape index (κ1) is 16.2. The Morgan fingerprint density at radius 3 is 2.88 bits per heavy atom. The minimum Gasteiger partial charge on any atom is -0.455 e. The van der Waals surface area contributed by atoms with Crippen molar-refractivity contribution in [3.05, 3.63) is 59.8 Å². The number of nitrogens with zero attached hydrogens (tertiary/aromatic N) is 2. The van der Waals surface area contributed by atoms with E-state index in [0.717, 1.165) is 5.39 Å². The summed E-state index contributed by atoms with van der Waals surface area (Å²) >= 11 is 0. The number of rotatable bonds is 5. The Bertz CT molecular complexity index is 972. The van der Waals surface area contributed by atoms with Gasteiger partial charge in [-0.1, -0.05) is 23.4 Å². The second kappa shape index (κ2) is 7.27. The first-order valence-electron chi connectivity index (χ1n) is 7.44. The zero-order chi connectivity index (χ0) is 17.6. The molecule has 0 atom stereocenters. The maximum Gasteiger partial charge on any atom is 0.312 e. The third-order valence-electron chi connectivity index (χ3n) is 3.40. The summed E-state index contributed by atoms with van der Waals surface area (Å²) in [6.45, 7) is -0.425. The van der Waals surface area contributed by atoms with Crippen LogP contribution < -0.4 is 5.32 Å². The monoisotopic (exact) mass is 335 g/mol. The molecular formula is C18H13N3O4. The van der Waals surface area contributed by atoms with E-state index in [1.807, 2.05) is 12.1 Å². The summed E-state index contributed by atoms with van der Waals surface area (Å²) in [6.07, 6.45) is -0.0891. The molecule has 25 heavy (non-hydrogen) atoms. The van der Waals surface area contributed by atoms with Gasteiger partial charge in [-0.25, -0.2) is 0 Å². The second-order valence-corrected chi connectivity index (χ2v) is 5.20. The SMILES string of the molecule is N#Cc1cccc(NC(=O)COC(=O)Cc2noc3ccccc23)c1. The molecule has 7 heteroatoms. The van der Waals surface area contributed by atoms with E-state index in [9.17, 15) is 9.59 Å². The van der Waals surface area contributed by atoms with Gasteiger partial charge in [-0.15, -0.1) is 0 Å². The number of fused-ring (bicyclic) bond motifs is 1. The van der Waals surface area contributed by atoms with E-state index in [2.05, 4.69) is 10.5 Å². The van der Waals surface area contributed by atoms with Gasteiger partial charge in [0.15, 0.2) is 12.2 Å². The summed E-state index contributed by atoms with van der Waals surface area (Å²) in [7, 11) is 0. The van der Waals surface area contributed by atoms with Crippen molar-refractivity contribution in [1.82, 2.24) is 5.16 Å². The molecule has 0 aliphatic heterocycles. The van der Waals surface area contributed by atoms with Gasteiger partial charge in [-0.2, -0.15) is 5.26 Å². The summed E-state index contributed by atoms with van der Waals surface area (Å²) in [5.74, 6) is -1.08. The quantitative estimate of drug-likeness (QED) is 0.718. The number of nitrogens with one attached hydrogen (secondary N) is 1. The van der Waals surface area contributed by atoms with Crippen LogP contribution in [0.5, 0.6) is 0 Å². The number of para-hydroxylation sites is 1. The van der Waals surface area contributed by atoms with E-state index >= 15 is 0 Å². The molecule has 3 aromatic rings. The highest BCUT2D eigenvalue weighted by molar-refractivity contribution is 5.93. The summed E-state index contributed by atoms with van der Waals surface area (Å²) in [6, 6.07) is 15.6. The van der Waals surface area contributed by atoms with Crippen LogP contribution in [-0.4, -0.2) is 23.6 Å². The lowest BCUT2D eigenvalue weighted by Crippen LogP contribution is -2.21. The predicted molar refractivity (Wildman–Crippen MR) is 88.5 cm³/mol. The third-order valence-corrected chi connectivity index (χ3v) is 3.40. The molecule has 0 unspecified atom stereocenters. The summed E-state index contributed by atoms with van der Waals surface area (Å²) in [5.41, 5.74) is 1.93. The first-order valence-corrected chi connectivity index (χ1v) is 7.44. The molecule has 1 heterocycles.